The lowest BCUT2D eigenvalue weighted by Gasteiger charge is -2.18. The number of nitrogens with one attached hydrogen (secondary N) is 3. The summed E-state index contributed by atoms with van der Waals surface area (Å²) in [6, 6.07) is 11.7. The number of fused-ring (bicyclic) bond motifs is 2. The largest absolute Gasteiger partial charge is 0.482 e. The van der Waals surface area contributed by atoms with Crippen LogP contribution in [0, 0.1) is 5.82 Å². The Balaban J connectivity index is 1.31. The van der Waals surface area contributed by atoms with Crippen LogP contribution in [-0.2, 0) is 17.9 Å². The van der Waals surface area contributed by atoms with E-state index in [4.69, 9.17) is 10.5 Å². The molecule has 0 radical (unpaired) electrons. The number of carbonyl (C=O) groups excluding carboxylic acids is 4. The molecule has 12 nitrogen and oxygen atoms in total. The normalized spacial score (nSPS) is 12.3. The standard InChI is InChI=1S/C25H20FN7O5/c26-16-3-1-13(7-15(16)23(27)35)10-29-25(37)19-9-18(31-21-5-6-30-33(19)21)24(36)28-11-14-2-4-20-17(8-14)32-22(34)12-38-20/h1-9H,10-12H2,(H2,27,35)(H,28,36)(H,29,37)(H,32,34). The van der Waals surface area contributed by atoms with Crippen molar-refractivity contribution >= 4 is 35.0 Å². The van der Waals surface area contributed by atoms with Gasteiger partial charge >= 0.3 is 0 Å². The second-order valence-electron chi connectivity index (χ2n) is 8.34. The number of anilines is 1. The van der Waals surface area contributed by atoms with Crippen LogP contribution >= 0.6 is 0 Å². The van der Waals surface area contributed by atoms with Crippen LogP contribution in [-0.4, -0.2) is 44.8 Å². The molecule has 0 spiro atoms. The molecule has 4 amide bonds. The molecular weight excluding hydrogens is 497 g/mol. The van der Waals surface area contributed by atoms with Crippen molar-refractivity contribution in [2.75, 3.05) is 11.9 Å². The highest BCUT2D eigenvalue weighted by atomic mass is 19.1. The maximum Gasteiger partial charge on any atom is 0.270 e. The van der Waals surface area contributed by atoms with Crippen LogP contribution < -0.4 is 26.4 Å². The fourth-order valence-electron chi connectivity index (χ4n) is 3.85. The highest BCUT2D eigenvalue weighted by Gasteiger charge is 2.19. The summed E-state index contributed by atoms with van der Waals surface area (Å²) in [7, 11) is 0. The Morgan fingerprint density at radius 1 is 1.03 bits per heavy atom. The fourth-order valence-corrected chi connectivity index (χ4v) is 3.85. The number of nitrogens with zero attached hydrogens (tertiary/aromatic N) is 3. The molecule has 0 saturated carbocycles. The summed E-state index contributed by atoms with van der Waals surface area (Å²) in [6.45, 7) is 0.0348. The number of ether oxygens (including phenoxy) is 1. The van der Waals surface area contributed by atoms with Crippen molar-refractivity contribution in [3.63, 3.8) is 0 Å². The van der Waals surface area contributed by atoms with Crippen LogP contribution in [0.25, 0.3) is 5.65 Å². The van der Waals surface area contributed by atoms with E-state index in [2.05, 4.69) is 26.0 Å². The summed E-state index contributed by atoms with van der Waals surface area (Å²) in [5.74, 6) is -2.53. The number of amides is 4. The predicted octanol–water partition coefficient (Wildman–Crippen LogP) is 1.16. The van der Waals surface area contributed by atoms with E-state index < -0.39 is 23.5 Å². The number of hydrogen-bond acceptors (Lipinski definition) is 7. The molecule has 0 fully saturated rings. The number of benzene rings is 2. The molecule has 0 unspecified atom stereocenters. The zero-order chi connectivity index (χ0) is 26.8. The summed E-state index contributed by atoms with van der Waals surface area (Å²) in [6.07, 6.45) is 1.43. The maximum absolute atomic E-state index is 13.7. The minimum absolute atomic E-state index is 0.0180. The van der Waals surface area contributed by atoms with Crippen LogP contribution in [0.4, 0.5) is 10.1 Å². The summed E-state index contributed by atoms with van der Waals surface area (Å²) < 4.78 is 20.3. The third kappa shape index (κ3) is 4.97. The van der Waals surface area contributed by atoms with Gasteiger partial charge in [0.1, 0.15) is 23.0 Å². The Bertz CT molecular complexity index is 1620. The number of rotatable bonds is 7. The SMILES string of the molecule is NC(=O)c1cc(CNC(=O)c2cc(C(=O)NCc3ccc4c(c3)NC(=O)CO4)nc3ccnn23)ccc1F. The summed E-state index contributed by atoms with van der Waals surface area (Å²) >= 11 is 0. The molecule has 0 aliphatic carbocycles. The second-order valence-corrected chi connectivity index (χ2v) is 8.34. The first-order chi connectivity index (χ1) is 18.3. The van der Waals surface area contributed by atoms with E-state index in [1.165, 1.54) is 28.9 Å². The molecule has 0 bridgehead atoms. The van der Waals surface area contributed by atoms with Gasteiger partial charge < -0.3 is 26.4 Å². The average Bonchev–Trinajstić information content (AvgIpc) is 3.39. The van der Waals surface area contributed by atoms with Gasteiger partial charge in [0.15, 0.2) is 12.3 Å². The zero-order valence-corrected chi connectivity index (χ0v) is 19.7. The van der Waals surface area contributed by atoms with E-state index in [0.717, 1.165) is 6.07 Å². The Hall–Kier alpha value is -5.33. The van der Waals surface area contributed by atoms with Crippen LogP contribution in [0.1, 0.15) is 42.5 Å². The smallest absolute Gasteiger partial charge is 0.270 e. The molecule has 4 aromatic rings. The Morgan fingerprint density at radius 3 is 2.55 bits per heavy atom. The molecule has 2 aromatic carbocycles. The number of primary amides is 1. The minimum atomic E-state index is -0.924. The van der Waals surface area contributed by atoms with E-state index in [0.29, 0.717) is 22.6 Å². The molecule has 5 N–H and O–H groups in total. The molecule has 5 rings (SSSR count). The first-order valence-corrected chi connectivity index (χ1v) is 11.3. The third-order valence-electron chi connectivity index (χ3n) is 5.70. The summed E-state index contributed by atoms with van der Waals surface area (Å²) in [4.78, 5) is 53.1. The van der Waals surface area contributed by atoms with E-state index in [1.807, 2.05) is 0 Å². The quantitative estimate of drug-likeness (QED) is 0.285. The predicted molar refractivity (Wildman–Crippen MR) is 131 cm³/mol. The number of halogens is 1. The van der Waals surface area contributed by atoms with Crippen LogP contribution in [0.15, 0.2) is 54.7 Å². The van der Waals surface area contributed by atoms with Gasteiger partial charge in [-0.1, -0.05) is 12.1 Å². The van der Waals surface area contributed by atoms with Crippen molar-refractivity contribution in [1.29, 1.82) is 0 Å². The molecule has 1 aliphatic rings. The monoisotopic (exact) mass is 517 g/mol. The van der Waals surface area contributed by atoms with Crippen molar-refractivity contribution in [2.24, 2.45) is 5.73 Å². The first-order valence-electron chi connectivity index (χ1n) is 11.3. The van der Waals surface area contributed by atoms with Crippen molar-refractivity contribution in [1.82, 2.24) is 25.2 Å². The lowest BCUT2D eigenvalue weighted by Crippen LogP contribution is -2.29. The van der Waals surface area contributed by atoms with Gasteiger partial charge in [0.05, 0.1) is 17.4 Å². The Kier molecular flexibility index (Phi) is 6.39. The highest BCUT2D eigenvalue weighted by Crippen LogP contribution is 2.28. The summed E-state index contributed by atoms with van der Waals surface area (Å²) in [5, 5.41) is 12.2. The van der Waals surface area contributed by atoms with E-state index in [-0.39, 0.29) is 48.2 Å². The van der Waals surface area contributed by atoms with Crippen molar-refractivity contribution in [3.8, 4) is 5.75 Å². The topological polar surface area (TPSA) is 170 Å². The van der Waals surface area contributed by atoms with Crippen molar-refractivity contribution in [3.05, 3.63) is 88.6 Å². The first kappa shape index (κ1) is 24.4. The van der Waals surface area contributed by atoms with Gasteiger partial charge in [-0.05, 0) is 35.4 Å². The van der Waals surface area contributed by atoms with Gasteiger partial charge in [-0.15, -0.1) is 0 Å². The van der Waals surface area contributed by atoms with Gasteiger partial charge in [-0.2, -0.15) is 5.10 Å². The molecule has 2 aromatic heterocycles. The molecule has 38 heavy (non-hydrogen) atoms. The van der Waals surface area contributed by atoms with Crippen LogP contribution in [0.3, 0.4) is 0 Å². The van der Waals surface area contributed by atoms with Gasteiger partial charge in [-0.3, -0.25) is 19.2 Å². The lowest BCUT2D eigenvalue weighted by atomic mass is 10.1. The minimum Gasteiger partial charge on any atom is -0.482 e. The van der Waals surface area contributed by atoms with E-state index in [1.54, 1.807) is 24.3 Å². The van der Waals surface area contributed by atoms with Gasteiger partial charge in [0.25, 0.3) is 23.6 Å². The second kappa shape index (κ2) is 9.97. The van der Waals surface area contributed by atoms with Crippen molar-refractivity contribution < 1.29 is 28.3 Å². The number of aromatic nitrogens is 3. The van der Waals surface area contributed by atoms with Crippen LogP contribution in [0.5, 0.6) is 5.75 Å². The van der Waals surface area contributed by atoms with Crippen LogP contribution in [0.2, 0.25) is 0 Å². The highest BCUT2D eigenvalue weighted by molar-refractivity contribution is 5.98. The molecule has 192 valence electrons. The van der Waals surface area contributed by atoms with Gasteiger partial charge in [0, 0.05) is 25.2 Å². The lowest BCUT2D eigenvalue weighted by molar-refractivity contribution is -0.118. The third-order valence-corrected chi connectivity index (χ3v) is 5.70. The molecule has 13 heteroatoms. The molecular formula is C25H20FN7O5. The Labute approximate surface area is 214 Å². The zero-order valence-electron chi connectivity index (χ0n) is 19.7. The Morgan fingerprint density at radius 2 is 1.76 bits per heavy atom. The molecule has 3 heterocycles. The van der Waals surface area contributed by atoms with Gasteiger partial charge in [-0.25, -0.2) is 13.9 Å². The summed E-state index contributed by atoms with van der Waals surface area (Å²) in [5.41, 5.74) is 6.85. The molecule has 1 aliphatic heterocycles. The van der Waals surface area contributed by atoms with Crippen molar-refractivity contribution in [2.45, 2.75) is 13.1 Å². The number of nitrogens with two attached hydrogens (primary N) is 1. The molecule has 0 atom stereocenters. The number of carbonyl (C=O) groups is 4. The van der Waals surface area contributed by atoms with Gasteiger partial charge in [0.2, 0.25) is 0 Å². The maximum atomic E-state index is 13.7. The average molecular weight is 517 g/mol. The van der Waals surface area contributed by atoms with E-state index >= 15 is 0 Å². The fraction of sp³-hybridized carbons (Fsp3) is 0.120. The number of hydrogen-bond donors (Lipinski definition) is 4. The van der Waals surface area contributed by atoms with E-state index in [9.17, 15) is 23.6 Å². The molecule has 0 saturated heterocycles.